The van der Waals surface area contributed by atoms with Crippen molar-refractivity contribution in [2.75, 3.05) is 25.6 Å². The number of furan rings is 1. The van der Waals surface area contributed by atoms with Crippen LogP contribution in [0.3, 0.4) is 0 Å². The lowest BCUT2D eigenvalue weighted by atomic mass is 10.2. The number of nitrogens with zero attached hydrogens (tertiary/aromatic N) is 1. The van der Waals surface area contributed by atoms with Crippen molar-refractivity contribution in [2.24, 2.45) is 0 Å². The molecule has 0 aliphatic heterocycles. The average Bonchev–Trinajstić information content (AvgIpc) is 3.24. The molecule has 27 heavy (non-hydrogen) atoms. The van der Waals surface area contributed by atoms with Gasteiger partial charge in [0, 0.05) is 6.20 Å². The Bertz CT molecular complexity index is 831. The maximum absolute atomic E-state index is 12.1. The Balaban J connectivity index is 1.39. The maximum atomic E-state index is 12.1. The van der Waals surface area contributed by atoms with E-state index < -0.39 is 0 Å². The predicted octanol–water partition coefficient (Wildman–Crippen LogP) is 3.10. The summed E-state index contributed by atoms with van der Waals surface area (Å²) in [6, 6.07) is 14.5. The summed E-state index contributed by atoms with van der Waals surface area (Å²) in [4.78, 5) is 16.4. The molecule has 1 aromatic carbocycles. The molecule has 0 atom stereocenters. The van der Waals surface area contributed by atoms with Gasteiger partial charge in [-0.25, -0.2) is 4.98 Å². The van der Waals surface area contributed by atoms with Crippen LogP contribution < -0.4 is 20.1 Å². The van der Waals surface area contributed by atoms with Crippen LogP contribution in [0.5, 0.6) is 11.5 Å². The third-order valence-corrected chi connectivity index (χ3v) is 3.77. The number of anilines is 1. The smallest absolute Gasteiger partial charge is 0.252 e. The van der Waals surface area contributed by atoms with E-state index in [2.05, 4.69) is 15.6 Å². The number of amides is 1. The first-order valence-electron chi connectivity index (χ1n) is 8.52. The molecular formula is C20H21N3O4. The number of hydrogen-bond acceptors (Lipinski definition) is 6. The van der Waals surface area contributed by atoms with Crippen LogP contribution in [0.4, 0.5) is 5.82 Å². The molecule has 0 unspecified atom stereocenters. The van der Waals surface area contributed by atoms with Crippen LogP contribution in [0.2, 0.25) is 0 Å². The van der Waals surface area contributed by atoms with Gasteiger partial charge in [0.1, 0.15) is 29.7 Å². The highest BCUT2D eigenvalue weighted by Gasteiger charge is 2.06. The van der Waals surface area contributed by atoms with E-state index in [0.29, 0.717) is 31.1 Å². The monoisotopic (exact) mass is 367 g/mol. The first kappa shape index (κ1) is 18.3. The number of carbonyl (C=O) groups excluding carboxylic acids is 1. The minimum atomic E-state index is -0.196. The van der Waals surface area contributed by atoms with E-state index in [4.69, 9.17) is 13.9 Å². The van der Waals surface area contributed by atoms with Crippen LogP contribution >= 0.6 is 0 Å². The molecule has 0 aliphatic carbocycles. The van der Waals surface area contributed by atoms with Gasteiger partial charge in [0.2, 0.25) is 0 Å². The van der Waals surface area contributed by atoms with Gasteiger partial charge in [0.15, 0.2) is 0 Å². The van der Waals surface area contributed by atoms with Crippen LogP contribution in [0.15, 0.2) is 65.4 Å². The van der Waals surface area contributed by atoms with Crippen LogP contribution in [0.25, 0.3) is 0 Å². The lowest BCUT2D eigenvalue weighted by molar-refractivity contribution is 0.0946. The van der Waals surface area contributed by atoms with Crippen LogP contribution in [0, 0.1) is 0 Å². The lowest BCUT2D eigenvalue weighted by Gasteiger charge is -2.09. The van der Waals surface area contributed by atoms with E-state index in [-0.39, 0.29) is 5.91 Å². The molecule has 0 saturated carbocycles. The Hall–Kier alpha value is -3.48. The summed E-state index contributed by atoms with van der Waals surface area (Å²) in [5, 5.41) is 5.93. The topological polar surface area (TPSA) is 85.6 Å². The molecule has 1 amide bonds. The Labute approximate surface area is 157 Å². The van der Waals surface area contributed by atoms with Crippen molar-refractivity contribution in [2.45, 2.75) is 6.54 Å². The van der Waals surface area contributed by atoms with Crippen molar-refractivity contribution in [3.8, 4) is 11.5 Å². The lowest BCUT2D eigenvalue weighted by Crippen LogP contribution is -2.28. The molecule has 3 aromatic rings. The second kappa shape index (κ2) is 9.28. The average molecular weight is 367 g/mol. The molecule has 2 N–H and O–H groups in total. The third kappa shape index (κ3) is 5.50. The van der Waals surface area contributed by atoms with Crippen LogP contribution in [-0.2, 0) is 6.54 Å². The Kier molecular flexibility index (Phi) is 6.30. The number of pyridine rings is 1. The second-order valence-electron chi connectivity index (χ2n) is 5.64. The summed E-state index contributed by atoms with van der Waals surface area (Å²) in [6.07, 6.45) is 3.15. The van der Waals surface area contributed by atoms with Gasteiger partial charge in [-0.15, -0.1) is 0 Å². The summed E-state index contributed by atoms with van der Waals surface area (Å²) in [5.41, 5.74) is 0.489. The predicted molar refractivity (Wildman–Crippen MR) is 101 cm³/mol. The molecule has 3 rings (SSSR count). The highest BCUT2D eigenvalue weighted by Crippen LogP contribution is 2.16. The molecule has 2 heterocycles. The van der Waals surface area contributed by atoms with Crippen molar-refractivity contribution in [1.82, 2.24) is 10.3 Å². The van der Waals surface area contributed by atoms with E-state index in [1.165, 1.54) is 6.20 Å². The molecule has 140 valence electrons. The molecule has 0 saturated heterocycles. The van der Waals surface area contributed by atoms with Crippen molar-refractivity contribution in [1.29, 1.82) is 0 Å². The number of ether oxygens (including phenoxy) is 2. The normalized spacial score (nSPS) is 10.3. The summed E-state index contributed by atoms with van der Waals surface area (Å²) >= 11 is 0. The number of carbonyl (C=O) groups is 1. The largest absolute Gasteiger partial charge is 0.497 e. The zero-order chi connectivity index (χ0) is 18.9. The van der Waals surface area contributed by atoms with Gasteiger partial charge in [-0.3, -0.25) is 4.79 Å². The number of nitrogens with one attached hydrogen (secondary N) is 2. The van der Waals surface area contributed by atoms with Crippen LogP contribution in [0.1, 0.15) is 16.1 Å². The van der Waals surface area contributed by atoms with Gasteiger partial charge >= 0.3 is 0 Å². The van der Waals surface area contributed by atoms with Gasteiger partial charge in [-0.1, -0.05) is 0 Å². The molecule has 2 aromatic heterocycles. The molecule has 7 heteroatoms. The Morgan fingerprint density at radius 1 is 1.11 bits per heavy atom. The molecule has 0 bridgehead atoms. The van der Waals surface area contributed by atoms with Crippen molar-refractivity contribution < 1.29 is 18.7 Å². The minimum absolute atomic E-state index is 0.196. The van der Waals surface area contributed by atoms with E-state index in [0.717, 1.165) is 17.3 Å². The van der Waals surface area contributed by atoms with Crippen LogP contribution in [-0.4, -0.2) is 31.2 Å². The fourth-order valence-electron chi connectivity index (χ4n) is 2.33. The molecule has 0 spiro atoms. The first-order chi connectivity index (χ1) is 13.2. The van der Waals surface area contributed by atoms with E-state index in [1.807, 2.05) is 36.4 Å². The third-order valence-electron chi connectivity index (χ3n) is 3.77. The van der Waals surface area contributed by atoms with Gasteiger partial charge in [-0.2, -0.15) is 0 Å². The summed E-state index contributed by atoms with van der Waals surface area (Å²) in [6.45, 7) is 1.30. The highest BCUT2D eigenvalue weighted by molar-refractivity contribution is 5.94. The van der Waals surface area contributed by atoms with Gasteiger partial charge < -0.3 is 24.5 Å². The Morgan fingerprint density at radius 2 is 1.93 bits per heavy atom. The van der Waals surface area contributed by atoms with E-state index in [9.17, 15) is 4.79 Å². The van der Waals surface area contributed by atoms with Gasteiger partial charge in [0.05, 0.1) is 32.0 Å². The van der Waals surface area contributed by atoms with Crippen molar-refractivity contribution >= 4 is 11.7 Å². The number of hydrogen-bond donors (Lipinski definition) is 2. The number of rotatable bonds is 9. The number of aromatic nitrogens is 1. The molecular weight excluding hydrogens is 346 g/mol. The zero-order valence-corrected chi connectivity index (χ0v) is 15.0. The van der Waals surface area contributed by atoms with E-state index in [1.54, 1.807) is 25.5 Å². The summed E-state index contributed by atoms with van der Waals surface area (Å²) in [7, 11) is 1.61. The molecule has 0 radical (unpaired) electrons. The summed E-state index contributed by atoms with van der Waals surface area (Å²) in [5.74, 6) is 2.78. The standard InChI is InChI=1S/C20H21N3O4/c1-25-16-5-7-17(8-6-16)27-12-10-21-20(24)15-4-9-19(22-13-15)23-14-18-3-2-11-26-18/h2-9,11,13H,10,12,14H2,1H3,(H,21,24)(H,22,23). The van der Waals surface area contributed by atoms with E-state index >= 15 is 0 Å². The first-order valence-corrected chi connectivity index (χ1v) is 8.52. The Morgan fingerprint density at radius 3 is 2.59 bits per heavy atom. The SMILES string of the molecule is COc1ccc(OCCNC(=O)c2ccc(NCc3ccco3)nc2)cc1. The quantitative estimate of drug-likeness (QED) is 0.565. The zero-order valence-electron chi connectivity index (χ0n) is 15.0. The minimum Gasteiger partial charge on any atom is -0.497 e. The molecule has 7 nitrogen and oxygen atoms in total. The van der Waals surface area contributed by atoms with Crippen molar-refractivity contribution in [3.63, 3.8) is 0 Å². The van der Waals surface area contributed by atoms with Gasteiger partial charge in [0.25, 0.3) is 5.91 Å². The van der Waals surface area contributed by atoms with Crippen molar-refractivity contribution in [3.05, 3.63) is 72.3 Å². The second-order valence-corrected chi connectivity index (χ2v) is 5.64. The fraction of sp³-hybridized carbons (Fsp3) is 0.200. The number of methoxy groups -OCH3 is 1. The molecule has 0 fully saturated rings. The summed E-state index contributed by atoms with van der Waals surface area (Å²) < 4.78 is 15.9. The maximum Gasteiger partial charge on any atom is 0.252 e. The molecule has 0 aliphatic rings. The fourth-order valence-corrected chi connectivity index (χ4v) is 2.33. The van der Waals surface area contributed by atoms with Gasteiger partial charge in [-0.05, 0) is 48.5 Å². The highest BCUT2D eigenvalue weighted by atomic mass is 16.5. The number of benzene rings is 1.